The summed E-state index contributed by atoms with van der Waals surface area (Å²) < 4.78 is 0. The molecule has 0 radical (unpaired) electrons. The number of carbonyl (C=O) groups excluding carboxylic acids is 1. The molecule has 3 N–H and O–H groups in total. The predicted octanol–water partition coefficient (Wildman–Crippen LogP) is 5.27. The van der Waals surface area contributed by atoms with Crippen molar-refractivity contribution in [3.8, 4) is 0 Å². The summed E-state index contributed by atoms with van der Waals surface area (Å²) in [4.78, 5) is 24.1. The lowest BCUT2D eigenvalue weighted by atomic mass is 9.91. The smallest absolute Gasteiger partial charge is 0.319 e. The number of halogens is 2. The lowest BCUT2D eigenvalue weighted by Crippen LogP contribution is -2.42. The highest BCUT2D eigenvalue weighted by Gasteiger charge is 2.25. The molecular formula is C23H30Cl2N6O. The number of urea groups is 1. The molecule has 0 unspecified atom stereocenters. The second kappa shape index (κ2) is 10.1. The molecule has 1 saturated carbocycles. The van der Waals surface area contributed by atoms with Crippen molar-refractivity contribution in [2.24, 2.45) is 0 Å². The zero-order valence-corrected chi connectivity index (χ0v) is 20.1. The summed E-state index contributed by atoms with van der Waals surface area (Å²) in [7, 11) is 4.08. The Morgan fingerprint density at radius 3 is 2.31 bits per heavy atom. The third-order valence-corrected chi connectivity index (χ3v) is 6.54. The molecule has 2 aliphatic rings. The number of benzene rings is 1. The molecule has 4 rings (SSSR count). The van der Waals surface area contributed by atoms with Gasteiger partial charge >= 0.3 is 6.03 Å². The van der Waals surface area contributed by atoms with Gasteiger partial charge in [-0.1, -0.05) is 23.2 Å². The molecule has 2 aliphatic carbocycles. The first-order chi connectivity index (χ1) is 15.4. The van der Waals surface area contributed by atoms with Crippen molar-refractivity contribution in [2.75, 3.05) is 29.6 Å². The van der Waals surface area contributed by atoms with E-state index in [1.54, 1.807) is 18.2 Å². The Morgan fingerprint density at radius 1 is 0.969 bits per heavy atom. The number of nitrogens with one attached hydrogen (secondary N) is 3. The van der Waals surface area contributed by atoms with Crippen molar-refractivity contribution in [2.45, 2.75) is 63.5 Å². The summed E-state index contributed by atoms with van der Waals surface area (Å²) >= 11 is 12.0. The van der Waals surface area contributed by atoms with Gasteiger partial charge in [-0.15, -0.1) is 0 Å². The minimum atomic E-state index is -0.242. The lowest BCUT2D eigenvalue weighted by molar-refractivity contribution is 0.243. The number of hydrogen-bond acceptors (Lipinski definition) is 5. The Bertz CT molecular complexity index is 955. The average molecular weight is 477 g/mol. The van der Waals surface area contributed by atoms with Gasteiger partial charge in [-0.3, -0.25) is 0 Å². The van der Waals surface area contributed by atoms with E-state index in [4.69, 9.17) is 33.2 Å². The summed E-state index contributed by atoms with van der Waals surface area (Å²) in [6.45, 7) is 0. The van der Waals surface area contributed by atoms with Gasteiger partial charge in [-0.05, 0) is 69.6 Å². The van der Waals surface area contributed by atoms with Crippen LogP contribution in [0.5, 0.6) is 0 Å². The molecule has 1 heterocycles. The third kappa shape index (κ3) is 5.75. The molecule has 1 aromatic heterocycles. The van der Waals surface area contributed by atoms with Crippen molar-refractivity contribution in [1.82, 2.24) is 15.3 Å². The molecule has 0 spiro atoms. The number of amides is 2. The molecule has 0 saturated heterocycles. The minimum absolute atomic E-state index is 0.129. The fraction of sp³-hybridized carbons (Fsp3) is 0.522. The minimum Gasteiger partial charge on any atom is -0.362 e. The van der Waals surface area contributed by atoms with Crippen molar-refractivity contribution in [3.63, 3.8) is 0 Å². The van der Waals surface area contributed by atoms with E-state index >= 15 is 0 Å². The van der Waals surface area contributed by atoms with E-state index in [0.717, 1.165) is 50.3 Å². The van der Waals surface area contributed by atoms with Crippen LogP contribution in [-0.4, -0.2) is 42.2 Å². The first-order valence-electron chi connectivity index (χ1n) is 11.2. The molecule has 7 nitrogen and oxygen atoms in total. The van der Waals surface area contributed by atoms with Gasteiger partial charge in [0.25, 0.3) is 0 Å². The normalized spacial score (nSPS) is 20.2. The number of rotatable bonds is 5. The zero-order chi connectivity index (χ0) is 22.7. The maximum atomic E-state index is 12.4. The van der Waals surface area contributed by atoms with E-state index in [0.29, 0.717) is 21.8 Å². The van der Waals surface area contributed by atoms with E-state index in [-0.39, 0.29) is 12.1 Å². The highest BCUT2D eigenvalue weighted by Crippen LogP contribution is 2.29. The molecule has 9 heteroatoms. The predicted molar refractivity (Wildman–Crippen MR) is 131 cm³/mol. The van der Waals surface area contributed by atoms with Crippen molar-refractivity contribution < 1.29 is 4.79 Å². The van der Waals surface area contributed by atoms with Crippen LogP contribution in [0.1, 0.15) is 49.8 Å². The van der Waals surface area contributed by atoms with E-state index in [1.807, 2.05) is 14.1 Å². The first-order valence-corrected chi connectivity index (χ1v) is 12.0. The van der Waals surface area contributed by atoms with Crippen LogP contribution in [0.3, 0.4) is 0 Å². The van der Waals surface area contributed by atoms with Gasteiger partial charge in [0, 0.05) is 47.5 Å². The Kier molecular flexibility index (Phi) is 7.26. The second-order valence-electron chi connectivity index (χ2n) is 8.85. The molecule has 0 atom stereocenters. The van der Waals surface area contributed by atoms with Gasteiger partial charge in [0.1, 0.15) is 5.82 Å². The molecule has 2 amide bonds. The largest absolute Gasteiger partial charge is 0.362 e. The topological polar surface area (TPSA) is 82.2 Å². The SMILES string of the molecule is CN(C)c1nc(NC2CCC(NC(=O)Nc3cc(Cl)cc(Cl)c3)CC2)nc2c1CCCC2. The van der Waals surface area contributed by atoms with Crippen LogP contribution < -0.4 is 20.9 Å². The highest BCUT2D eigenvalue weighted by molar-refractivity contribution is 6.35. The van der Waals surface area contributed by atoms with Crippen LogP contribution in [-0.2, 0) is 12.8 Å². The number of hydrogen-bond donors (Lipinski definition) is 3. The standard InChI is InChI=1S/C23H30Cl2N6O/c1-31(2)21-19-5-3-4-6-20(19)29-22(30-21)26-16-7-9-17(10-8-16)27-23(32)28-18-12-14(24)11-15(25)13-18/h11-13,16-17H,3-10H2,1-2H3,(H,26,29,30)(H2,27,28,32). The number of nitrogens with zero attached hydrogens (tertiary/aromatic N) is 3. The molecule has 0 aliphatic heterocycles. The Balaban J connectivity index is 1.30. The summed E-state index contributed by atoms with van der Waals surface area (Å²) in [6, 6.07) is 5.18. The second-order valence-corrected chi connectivity index (χ2v) is 9.72. The van der Waals surface area contributed by atoms with Crippen LogP contribution >= 0.6 is 23.2 Å². The van der Waals surface area contributed by atoms with E-state index in [2.05, 4.69) is 20.9 Å². The van der Waals surface area contributed by atoms with Crippen LogP contribution in [0.15, 0.2) is 18.2 Å². The number of fused-ring (bicyclic) bond motifs is 1. The quantitative estimate of drug-likeness (QED) is 0.547. The summed E-state index contributed by atoms with van der Waals surface area (Å²) in [5.74, 6) is 1.76. The van der Waals surface area contributed by atoms with Crippen molar-refractivity contribution in [1.29, 1.82) is 0 Å². The number of carbonyl (C=O) groups is 1. The fourth-order valence-electron chi connectivity index (χ4n) is 4.55. The van der Waals surface area contributed by atoms with Crippen LogP contribution in [0, 0.1) is 0 Å². The number of anilines is 3. The lowest BCUT2D eigenvalue weighted by Gasteiger charge is -2.30. The molecule has 0 bridgehead atoms. The number of aryl methyl sites for hydroxylation is 1. The Morgan fingerprint density at radius 2 is 1.62 bits per heavy atom. The van der Waals surface area contributed by atoms with Crippen LogP contribution in [0.25, 0.3) is 0 Å². The van der Waals surface area contributed by atoms with Crippen LogP contribution in [0.2, 0.25) is 10.0 Å². The van der Waals surface area contributed by atoms with Gasteiger partial charge in [0.15, 0.2) is 0 Å². The van der Waals surface area contributed by atoms with Gasteiger partial charge in [0.05, 0.1) is 5.69 Å². The van der Waals surface area contributed by atoms with E-state index in [9.17, 15) is 4.79 Å². The van der Waals surface area contributed by atoms with Crippen molar-refractivity contribution in [3.05, 3.63) is 39.5 Å². The maximum absolute atomic E-state index is 12.4. The molecule has 172 valence electrons. The van der Waals surface area contributed by atoms with Gasteiger partial charge < -0.3 is 20.9 Å². The fourth-order valence-corrected chi connectivity index (χ4v) is 5.08. The van der Waals surface area contributed by atoms with Crippen molar-refractivity contribution >= 4 is 46.7 Å². The Hall–Kier alpha value is -2.25. The summed E-state index contributed by atoms with van der Waals surface area (Å²) in [5.41, 5.74) is 3.06. The van der Waals surface area contributed by atoms with E-state index in [1.165, 1.54) is 24.1 Å². The third-order valence-electron chi connectivity index (χ3n) is 6.10. The maximum Gasteiger partial charge on any atom is 0.319 e. The first kappa shape index (κ1) is 22.9. The molecule has 1 fully saturated rings. The number of aromatic nitrogens is 2. The summed E-state index contributed by atoms with van der Waals surface area (Å²) in [5, 5.41) is 10.4. The molecule has 2 aromatic rings. The molecule has 32 heavy (non-hydrogen) atoms. The highest BCUT2D eigenvalue weighted by atomic mass is 35.5. The monoisotopic (exact) mass is 476 g/mol. The molecule has 1 aromatic carbocycles. The van der Waals surface area contributed by atoms with Crippen LogP contribution in [0.4, 0.5) is 22.2 Å². The molecular weight excluding hydrogens is 447 g/mol. The van der Waals surface area contributed by atoms with Gasteiger partial charge in [-0.25, -0.2) is 9.78 Å². The Labute approximate surface area is 199 Å². The van der Waals surface area contributed by atoms with Gasteiger partial charge in [-0.2, -0.15) is 4.98 Å². The van der Waals surface area contributed by atoms with Gasteiger partial charge in [0.2, 0.25) is 5.95 Å². The average Bonchev–Trinajstić information content (AvgIpc) is 2.73. The summed E-state index contributed by atoms with van der Waals surface area (Å²) in [6.07, 6.45) is 8.17. The zero-order valence-electron chi connectivity index (χ0n) is 18.5. The van der Waals surface area contributed by atoms with E-state index < -0.39 is 0 Å².